The Morgan fingerprint density at radius 2 is 1.85 bits per heavy atom. The Hall–Kier alpha value is -0.130. The summed E-state index contributed by atoms with van der Waals surface area (Å²) in [5.41, 5.74) is -0.0143. The lowest BCUT2D eigenvalue weighted by Crippen LogP contribution is -2.46. The molecule has 0 amide bonds. The van der Waals surface area contributed by atoms with Crippen molar-refractivity contribution in [2.24, 2.45) is 11.8 Å². The van der Waals surface area contributed by atoms with Gasteiger partial charge in [-0.2, -0.15) is 0 Å². The molecule has 0 aromatic rings. The van der Waals surface area contributed by atoms with Crippen LogP contribution < -0.4 is 0 Å². The van der Waals surface area contributed by atoms with Gasteiger partial charge in [0.2, 0.25) is 0 Å². The molecule has 3 aliphatic rings. The van der Waals surface area contributed by atoms with Crippen LogP contribution in [0.5, 0.6) is 0 Å². The molecule has 0 bridgehead atoms. The van der Waals surface area contributed by atoms with Gasteiger partial charge in [-0.25, -0.2) is 8.42 Å². The maximum absolute atomic E-state index is 11.6. The first-order chi connectivity index (χ1) is 9.50. The quantitative estimate of drug-likeness (QED) is 0.846. The standard InChI is InChI=1S/C15H26O4S/c16-14(13-5-9-20(17,18)11-13)12-4-8-19-15(10-12)6-2-1-3-7-15/h12-14,16H,1-11H2. The molecule has 5 heteroatoms. The van der Waals surface area contributed by atoms with E-state index < -0.39 is 15.9 Å². The zero-order chi connectivity index (χ0) is 14.2. The van der Waals surface area contributed by atoms with Crippen molar-refractivity contribution in [2.45, 2.75) is 63.1 Å². The van der Waals surface area contributed by atoms with E-state index in [1.807, 2.05) is 0 Å². The van der Waals surface area contributed by atoms with Crippen molar-refractivity contribution < 1.29 is 18.3 Å². The van der Waals surface area contributed by atoms with Crippen LogP contribution >= 0.6 is 0 Å². The maximum atomic E-state index is 11.6. The first-order valence-electron chi connectivity index (χ1n) is 8.02. The molecule has 0 aromatic carbocycles. The Kier molecular flexibility index (Phi) is 4.13. The minimum absolute atomic E-state index is 0.0143. The number of rotatable bonds is 2. The molecular formula is C15H26O4S. The second-order valence-electron chi connectivity index (χ2n) is 7.00. The van der Waals surface area contributed by atoms with Crippen LogP contribution in [0.4, 0.5) is 0 Å². The summed E-state index contributed by atoms with van der Waals surface area (Å²) < 4.78 is 29.2. The largest absolute Gasteiger partial charge is 0.393 e. The predicted octanol–water partition coefficient (Wildman–Crippen LogP) is 1.91. The summed E-state index contributed by atoms with van der Waals surface area (Å²) >= 11 is 0. The molecule has 0 aromatic heterocycles. The second kappa shape index (κ2) is 5.58. The zero-order valence-electron chi connectivity index (χ0n) is 12.1. The minimum atomic E-state index is -2.90. The molecule has 20 heavy (non-hydrogen) atoms. The van der Waals surface area contributed by atoms with Gasteiger partial charge in [-0.3, -0.25) is 0 Å². The fourth-order valence-electron chi connectivity index (χ4n) is 4.38. The molecule has 1 spiro atoms. The number of hydrogen-bond donors (Lipinski definition) is 1. The van der Waals surface area contributed by atoms with E-state index in [0.29, 0.717) is 6.42 Å². The van der Waals surface area contributed by atoms with Crippen LogP contribution in [0, 0.1) is 11.8 Å². The van der Waals surface area contributed by atoms with Gasteiger partial charge < -0.3 is 9.84 Å². The lowest BCUT2D eigenvalue weighted by Gasteiger charge is -2.45. The van der Waals surface area contributed by atoms with Gasteiger partial charge in [0.1, 0.15) is 0 Å². The Morgan fingerprint density at radius 1 is 1.10 bits per heavy atom. The molecule has 3 atom stereocenters. The smallest absolute Gasteiger partial charge is 0.150 e. The molecule has 3 unspecified atom stereocenters. The lowest BCUT2D eigenvalue weighted by molar-refractivity contribution is -0.138. The van der Waals surface area contributed by atoms with Crippen LogP contribution in [-0.4, -0.2) is 43.3 Å². The average molecular weight is 302 g/mol. The van der Waals surface area contributed by atoms with Gasteiger partial charge >= 0.3 is 0 Å². The van der Waals surface area contributed by atoms with Crippen LogP contribution in [0.25, 0.3) is 0 Å². The van der Waals surface area contributed by atoms with Crippen molar-refractivity contribution in [3.05, 3.63) is 0 Å². The summed E-state index contributed by atoms with van der Waals surface area (Å²) in [4.78, 5) is 0. The number of aliphatic hydroxyl groups excluding tert-OH is 1. The SMILES string of the molecule is O=S1(=O)CCC(C(O)C2CCOC3(CCCCC3)C2)C1. The van der Waals surface area contributed by atoms with E-state index in [9.17, 15) is 13.5 Å². The molecule has 116 valence electrons. The molecule has 4 nitrogen and oxygen atoms in total. The lowest BCUT2D eigenvalue weighted by atomic mass is 9.73. The van der Waals surface area contributed by atoms with E-state index >= 15 is 0 Å². The Bertz CT molecular complexity index is 433. The molecule has 2 aliphatic heterocycles. The molecule has 3 rings (SSSR count). The highest BCUT2D eigenvalue weighted by atomic mass is 32.2. The van der Waals surface area contributed by atoms with Crippen molar-refractivity contribution in [3.63, 3.8) is 0 Å². The Morgan fingerprint density at radius 3 is 2.50 bits per heavy atom. The molecule has 1 saturated carbocycles. The highest BCUT2D eigenvalue weighted by molar-refractivity contribution is 7.91. The highest BCUT2D eigenvalue weighted by Gasteiger charge is 2.43. The van der Waals surface area contributed by atoms with E-state index in [1.165, 1.54) is 19.3 Å². The van der Waals surface area contributed by atoms with Gasteiger partial charge in [0.15, 0.2) is 9.84 Å². The fourth-order valence-corrected chi connectivity index (χ4v) is 6.22. The van der Waals surface area contributed by atoms with Gasteiger partial charge in [0.25, 0.3) is 0 Å². The molecule has 1 N–H and O–H groups in total. The highest BCUT2D eigenvalue weighted by Crippen LogP contribution is 2.43. The van der Waals surface area contributed by atoms with Crippen LogP contribution in [0.3, 0.4) is 0 Å². The van der Waals surface area contributed by atoms with Crippen molar-refractivity contribution in [2.75, 3.05) is 18.1 Å². The van der Waals surface area contributed by atoms with Gasteiger partial charge in [0.05, 0.1) is 23.2 Å². The number of hydrogen-bond acceptors (Lipinski definition) is 4. The summed E-state index contributed by atoms with van der Waals surface area (Å²) in [5.74, 6) is 0.602. The fraction of sp³-hybridized carbons (Fsp3) is 1.00. The van der Waals surface area contributed by atoms with E-state index in [0.717, 1.165) is 32.3 Å². The van der Waals surface area contributed by atoms with Crippen LogP contribution in [-0.2, 0) is 14.6 Å². The summed E-state index contributed by atoms with van der Waals surface area (Å²) in [5, 5.41) is 10.6. The molecule has 0 radical (unpaired) electrons. The topological polar surface area (TPSA) is 63.6 Å². The van der Waals surface area contributed by atoms with Crippen molar-refractivity contribution in [1.82, 2.24) is 0 Å². The number of sulfone groups is 1. The normalized spacial score (nSPS) is 37.9. The molecule has 2 heterocycles. The number of ether oxygens (including phenoxy) is 1. The third kappa shape index (κ3) is 3.04. The van der Waals surface area contributed by atoms with E-state index in [2.05, 4.69) is 0 Å². The minimum Gasteiger partial charge on any atom is -0.393 e. The number of aliphatic hydroxyl groups is 1. The van der Waals surface area contributed by atoms with Crippen LogP contribution in [0.15, 0.2) is 0 Å². The third-order valence-electron chi connectivity index (χ3n) is 5.53. The van der Waals surface area contributed by atoms with Crippen molar-refractivity contribution in [3.8, 4) is 0 Å². The van der Waals surface area contributed by atoms with Gasteiger partial charge in [-0.05, 0) is 43.9 Å². The van der Waals surface area contributed by atoms with Crippen molar-refractivity contribution in [1.29, 1.82) is 0 Å². The molecule has 2 saturated heterocycles. The summed E-state index contributed by atoms with van der Waals surface area (Å²) in [6.07, 6.45) is 7.92. The maximum Gasteiger partial charge on any atom is 0.150 e. The van der Waals surface area contributed by atoms with E-state index in [4.69, 9.17) is 4.74 Å². The zero-order valence-corrected chi connectivity index (χ0v) is 12.9. The van der Waals surface area contributed by atoms with Crippen molar-refractivity contribution >= 4 is 9.84 Å². The van der Waals surface area contributed by atoms with Gasteiger partial charge in [-0.15, -0.1) is 0 Å². The molecule has 1 aliphatic carbocycles. The van der Waals surface area contributed by atoms with E-state index in [-0.39, 0.29) is 28.9 Å². The van der Waals surface area contributed by atoms with Gasteiger partial charge in [-0.1, -0.05) is 19.3 Å². The summed E-state index contributed by atoms with van der Waals surface area (Å²) in [6.45, 7) is 0.723. The predicted molar refractivity (Wildman–Crippen MR) is 77.3 cm³/mol. The van der Waals surface area contributed by atoms with Gasteiger partial charge in [0, 0.05) is 6.61 Å². The third-order valence-corrected chi connectivity index (χ3v) is 7.32. The Labute approximate surface area is 121 Å². The monoisotopic (exact) mass is 302 g/mol. The summed E-state index contributed by atoms with van der Waals surface area (Å²) in [7, 11) is -2.90. The second-order valence-corrected chi connectivity index (χ2v) is 9.23. The van der Waals surface area contributed by atoms with Crippen LogP contribution in [0.1, 0.15) is 51.4 Å². The first-order valence-corrected chi connectivity index (χ1v) is 9.84. The van der Waals surface area contributed by atoms with Crippen LogP contribution in [0.2, 0.25) is 0 Å². The molecule has 3 fully saturated rings. The molecular weight excluding hydrogens is 276 g/mol. The van der Waals surface area contributed by atoms with E-state index in [1.54, 1.807) is 0 Å². The Balaban J connectivity index is 1.64. The first kappa shape index (κ1) is 14.8. The summed E-state index contributed by atoms with van der Waals surface area (Å²) in [6, 6.07) is 0. The average Bonchev–Trinajstić information content (AvgIpc) is 2.79.